The molecule has 2 aromatic rings. The summed E-state index contributed by atoms with van der Waals surface area (Å²) < 4.78 is 17.9. The van der Waals surface area contributed by atoms with Crippen molar-refractivity contribution in [1.29, 1.82) is 0 Å². The number of hydrogen-bond donors (Lipinski definition) is 0. The summed E-state index contributed by atoms with van der Waals surface area (Å²) in [4.78, 5) is 0. The van der Waals surface area contributed by atoms with Gasteiger partial charge in [0.1, 0.15) is 12.2 Å². The topological polar surface area (TPSA) is 27.7 Å². The summed E-state index contributed by atoms with van der Waals surface area (Å²) in [5.41, 5.74) is 2.08. The van der Waals surface area contributed by atoms with Crippen LogP contribution in [-0.2, 0) is 20.8 Å². The third-order valence-corrected chi connectivity index (χ3v) is 4.13. The number of rotatable bonds is 5. The van der Waals surface area contributed by atoms with E-state index >= 15 is 0 Å². The van der Waals surface area contributed by atoms with Gasteiger partial charge in [0.25, 0.3) is 0 Å². The molecule has 23 heavy (non-hydrogen) atoms. The fourth-order valence-corrected chi connectivity index (χ4v) is 3.04. The van der Waals surface area contributed by atoms with E-state index in [4.69, 9.17) is 25.8 Å². The first-order chi connectivity index (χ1) is 11.1. The Morgan fingerprint density at radius 3 is 2.43 bits per heavy atom. The maximum Gasteiger partial charge on any atom is 0.164 e. The van der Waals surface area contributed by atoms with Gasteiger partial charge in [0, 0.05) is 10.6 Å². The van der Waals surface area contributed by atoms with E-state index < -0.39 is 5.79 Å². The SMILES string of the molecule is CC1(C)OC(COCc2ccccc2)[C@H](c2ccccc2Cl)O1. The zero-order valence-electron chi connectivity index (χ0n) is 13.4. The van der Waals surface area contributed by atoms with E-state index in [2.05, 4.69) is 0 Å². The molecule has 0 N–H and O–H groups in total. The van der Waals surface area contributed by atoms with Crippen LogP contribution in [0.3, 0.4) is 0 Å². The summed E-state index contributed by atoms with van der Waals surface area (Å²) >= 11 is 6.32. The molecule has 0 amide bonds. The minimum absolute atomic E-state index is 0.186. The van der Waals surface area contributed by atoms with Gasteiger partial charge < -0.3 is 14.2 Å². The predicted octanol–water partition coefficient (Wildman–Crippen LogP) is 4.75. The molecule has 0 spiro atoms. The van der Waals surface area contributed by atoms with E-state index in [1.165, 1.54) is 0 Å². The molecule has 4 heteroatoms. The van der Waals surface area contributed by atoms with Gasteiger partial charge in [0.05, 0.1) is 13.2 Å². The molecule has 2 atom stereocenters. The molecule has 0 aromatic heterocycles. The van der Waals surface area contributed by atoms with Crippen molar-refractivity contribution in [3.05, 3.63) is 70.7 Å². The zero-order chi connectivity index (χ0) is 16.3. The molecule has 1 fully saturated rings. The highest BCUT2D eigenvalue weighted by molar-refractivity contribution is 6.31. The minimum atomic E-state index is -0.648. The van der Waals surface area contributed by atoms with Crippen molar-refractivity contribution in [2.24, 2.45) is 0 Å². The van der Waals surface area contributed by atoms with Gasteiger partial charge in [-0.15, -0.1) is 0 Å². The normalized spacial score (nSPS) is 23.1. The number of hydrogen-bond acceptors (Lipinski definition) is 3. The maximum absolute atomic E-state index is 6.32. The smallest absolute Gasteiger partial charge is 0.164 e. The summed E-state index contributed by atoms with van der Waals surface area (Å²) in [7, 11) is 0. The Morgan fingerprint density at radius 2 is 1.70 bits per heavy atom. The van der Waals surface area contributed by atoms with Crippen LogP contribution in [-0.4, -0.2) is 18.5 Å². The first-order valence-corrected chi connectivity index (χ1v) is 8.15. The second-order valence-electron chi connectivity index (χ2n) is 6.12. The highest BCUT2D eigenvalue weighted by Gasteiger charge is 2.42. The highest BCUT2D eigenvalue weighted by Crippen LogP contribution is 2.40. The summed E-state index contributed by atoms with van der Waals surface area (Å²) in [6, 6.07) is 17.8. The Kier molecular flexibility index (Phi) is 5.02. The van der Waals surface area contributed by atoms with Crippen molar-refractivity contribution in [2.45, 2.75) is 38.4 Å². The van der Waals surface area contributed by atoms with E-state index in [9.17, 15) is 0 Å². The Morgan fingerprint density at radius 1 is 1.00 bits per heavy atom. The summed E-state index contributed by atoms with van der Waals surface area (Å²) in [6.45, 7) is 4.83. The van der Waals surface area contributed by atoms with Gasteiger partial charge in [0.2, 0.25) is 0 Å². The number of ether oxygens (including phenoxy) is 3. The lowest BCUT2D eigenvalue weighted by molar-refractivity contribution is -0.151. The van der Waals surface area contributed by atoms with E-state index in [1.807, 2.05) is 68.4 Å². The quantitative estimate of drug-likeness (QED) is 0.790. The molecule has 0 aliphatic carbocycles. The third-order valence-electron chi connectivity index (χ3n) is 3.79. The average Bonchev–Trinajstić information content (AvgIpc) is 2.84. The van der Waals surface area contributed by atoms with Crippen LogP contribution in [0.25, 0.3) is 0 Å². The van der Waals surface area contributed by atoms with Crippen molar-refractivity contribution in [3.63, 3.8) is 0 Å². The van der Waals surface area contributed by atoms with Crippen LogP contribution in [0, 0.1) is 0 Å². The average molecular weight is 333 g/mol. The van der Waals surface area contributed by atoms with E-state index in [0.29, 0.717) is 18.2 Å². The second-order valence-corrected chi connectivity index (χ2v) is 6.52. The summed E-state index contributed by atoms with van der Waals surface area (Å²) in [5, 5.41) is 0.687. The number of halogens is 1. The Bertz CT molecular complexity index is 642. The van der Waals surface area contributed by atoms with E-state index in [-0.39, 0.29) is 12.2 Å². The van der Waals surface area contributed by atoms with Gasteiger partial charge in [-0.25, -0.2) is 0 Å². The number of benzene rings is 2. The zero-order valence-corrected chi connectivity index (χ0v) is 14.1. The molecule has 3 nitrogen and oxygen atoms in total. The molecule has 0 saturated carbocycles. The molecule has 122 valence electrons. The lowest BCUT2D eigenvalue weighted by Crippen LogP contribution is -2.24. The highest BCUT2D eigenvalue weighted by atomic mass is 35.5. The molecule has 2 aromatic carbocycles. The molecule has 3 rings (SSSR count). The van der Waals surface area contributed by atoms with Gasteiger partial charge in [-0.2, -0.15) is 0 Å². The first kappa shape index (κ1) is 16.5. The van der Waals surface area contributed by atoms with Crippen LogP contribution in [0.1, 0.15) is 31.1 Å². The van der Waals surface area contributed by atoms with Gasteiger partial charge in [-0.05, 0) is 25.5 Å². The lowest BCUT2D eigenvalue weighted by Gasteiger charge is -2.18. The van der Waals surface area contributed by atoms with Crippen LogP contribution in [0.4, 0.5) is 0 Å². The largest absolute Gasteiger partial charge is 0.374 e. The van der Waals surface area contributed by atoms with Crippen molar-refractivity contribution >= 4 is 11.6 Å². The van der Waals surface area contributed by atoms with Crippen molar-refractivity contribution in [1.82, 2.24) is 0 Å². The Hall–Kier alpha value is -1.39. The predicted molar refractivity (Wildman–Crippen MR) is 90.3 cm³/mol. The lowest BCUT2D eigenvalue weighted by atomic mass is 10.1. The fourth-order valence-electron chi connectivity index (χ4n) is 2.79. The van der Waals surface area contributed by atoms with Gasteiger partial charge in [-0.1, -0.05) is 60.1 Å². The first-order valence-electron chi connectivity index (χ1n) is 7.77. The molecule has 1 unspecified atom stereocenters. The third kappa shape index (κ3) is 4.12. The van der Waals surface area contributed by atoms with E-state index in [0.717, 1.165) is 11.1 Å². The summed E-state index contributed by atoms with van der Waals surface area (Å²) in [5.74, 6) is -0.648. The molecule has 1 saturated heterocycles. The van der Waals surface area contributed by atoms with Gasteiger partial charge in [-0.3, -0.25) is 0 Å². The molecule has 0 bridgehead atoms. The molecule has 0 radical (unpaired) electrons. The molecular formula is C19H21ClO3. The van der Waals surface area contributed by atoms with Gasteiger partial charge in [0.15, 0.2) is 5.79 Å². The van der Waals surface area contributed by atoms with Crippen molar-refractivity contribution < 1.29 is 14.2 Å². The minimum Gasteiger partial charge on any atom is -0.374 e. The maximum atomic E-state index is 6.32. The van der Waals surface area contributed by atoms with Gasteiger partial charge >= 0.3 is 0 Å². The van der Waals surface area contributed by atoms with Crippen molar-refractivity contribution in [3.8, 4) is 0 Å². The monoisotopic (exact) mass is 332 g/mol. The molecule has 1 aliphatic rings. The van der Waals surface area contributed by atoms with Crippen molar-refractivity contribution in [2.75, 3.05) is 6.61 Å². The van der Waals surface area contributed by atoms with Crippen LogP contribution in [0.15, 0.2) is 54.6 Å². The van der Waals surface area contributed by atoms with Crippen LogP contribution in [0.5, 0.6) is 0 Å². The van der Waals surface area contributed by atoms with Crippen LogP contribution in [0.2, 0.25) is 5.02 Å². The molecule has 1 aliphatic heterocycles. The Balaban J connectivity index is 1.67. The summed E-state index contributed by atoms with van der Waals surface area (Å²) in [6.07, 6.45) is -0.414. The van der Waals surface area contributed by atoms with Crippen LogP contribution < -0.4 is 0 Å². The Labute approximate surface area is 142 Å². The standard InChI is InChI=1S/C19H21ClO3/c1-19(2)22-17(13-21-12-14-8-4-3-5-9-14)18(23-19)15-10-6-7-11-16(15)20/h3-11,17-18H,12-13H2,1-2H3/t17?,18-/m0/s1. The molecular weight excluding hydrogens is 312 g/mol. The molecule has 1 heterocycles. The fraction of sp³-hybridized carbons (Fsp3) is 0.368. The van der Waals surface area contributed by atoms with E-state index in [1.54, 1.807) is 0 Å². The van der Waals surface area contributed by atoms with Crippen LogP contribution >= 0.6 is 11.6 Å². The second kappa shape index (κ2) is 7.02.